The van der Waals surface area contributed by atoms with Crippen LogP contribution < -0.4 is 14.8 Å². The quantitative estimate of drug-likeness (QED) is 0.644. The molecule has 1 aromatic heterocycles. The van der Waals surface area contributed by atoms with Gasteiger partial charge in [0.05, 0.1) is 24.7 Å². The van der Waals surface area contributed by atoms with Crippen molar-refractivity contribution in [1.82, 2.24) is 14.8 Å². The summed E-state index contributed by atoms with van der Waals surface area (Å²) < 4.78 is 26.8. The Kier molecular flexibility index (Phi) is 5.66. The number of amides is 1. The number of ether oxygens (including phenoxy) is 2. The van der Waals surface area contributed by atoms with Crippen LogP contribution >= 0.6 is 11.8 Å². The molecule has 0 aliphatic carbocycles. The molecule has 0 atom stereocenters. The first-order valence-corrected chi connectivity index (χ1v) is 10.1. The molecule has 0 fully saturated rings. The van der Waals surface area contributed by atoms with Crippen LogP contribution in [0.3, 0.4) is 0 Å². The number of aromatic nitrogens is 3. The number of nitrogens with one attached hydrogen (secondary N) is 1. The van der Waals surface area contributed by atoms with Crippen molar-refractivity contribution in [1.29, 1.82) is 0 Å². The number of para-hydroxylation sites is 1. The standard InChI is InChI=1S/C20H19FN4O3S/c1-25-19(13-7-8-16-17(11-13)28-10-4-9-27-16)23-24-20(25)29-12-18(26)22-15-6-3-2-5-14(15)21/h2-3,5-8,11H,4,9-10,12H2,1H3,(H,22,26). The molecule has 3 aromatic rings. The molecule has 1 aliphatic heterocycles. The van der Waals surface area contributed by atoms with Gasteiger partial charge in [0, 0.05) is 19.0 Å². The fraction of sp³-hybridized carbons (Fsp3) is 0.250. The van der Waals surface area contributed by atoms with E-state index in [0.29, 0.717) is 35.7 Å². The van der Waals surface area contributed by atoms with Gasteiger partial charge in [0.15, 0.2) is 22.5 Å². The monoisotopic (exact) mass is 414 g/mol. The Morgan fingerprint density at radius 1 is 1.17 bits per heavy atom. The number of anilines is 1. The van der Waals surface area contributed by atoms with Gasteiger partial charge in [0.2, 0.25) is 5.91 Å². The van der Waals surface area contributed by atoms with Crippen LogP contribution in [-0.2, 0) is 11.8 Å². The lowest BCUT2D eigenvalue weighted by Crippen LogP contribution is -2.15. The van der Waals surface area contributed by atoms with Crippen molar-refractivity contribution < 1.29 is 18.7 Å². The summed E-state index contributed by atoms with van der Waals surface area (Å²) in [6.45, 7) is 1.24. The number of fused-ring (bicyclic) bond motifs is 1. The van der Waals surface area contributed by atoms with Crippen molar-refractivity contribution in [2.75, 3.05) is 24.3 Å². The Bertz CT molecular complexity index is 1040. The van der Waals surface area contributed by atoms with Crippen molar-refractivity contribution in [3.8, 4) is 22.9 Å². The second-order valence-electron chi connectivity index (χ2n) is 6.39. The summed E-state index contributed by atoms with van der Waals surface area (Å²) in [6.07, 6.45) is 0.837. The normalized spacial score (nSPS) is 13.0. The molecule has 7 nitrogen and oxygen atoms in total. The zero-order valence-electron chi connectivity index (χ0n) is 15.7. The number of carbonyl (C=O) groups excluding carboxylic acids is 1. The second kappa shape index (κ2) is 8.52. The van der Waals surface area contributed by atoms with Crippen LogP contribution in [0.25, 0.3) is 11.4 Å². The largest absolute Gasteiger partial charge is 0.490 e. The van der Waals surface area contributed by atoms with Gasteiger partial charge in [0.25, 0.3) is 0 Å². The Balaban J connectivity index is 1.44. The van der Waals surface area contributed by atoms with Crippen molar-refractivity contribution >= 4 is 23.4 Å². The van der Waals surface area contributed by atoms with Gasteiger partial charge in [0.1, 0.15) is 5.82 Å². The highest BCUT2D eigenvalue weighted by atomic mass is 32.2. The number of halogens is 1. The zero-order chi connectivity index (χ0) is 20.2. The van der Waals surface area contributed by atoms with Gasteiger partial charge < -0.3 is 19.4 Å². The van der Waals surface area contributed by atoms with Crippen LogP contribution in [-0.4, -0.2) is 39.6 Å². The third kappa shape index (κ3) is 4.34. The maximum Gasteiger partial charge on any atom is 0.234 e. The molecule has 0 saturated heterocycles. The summed E-state index contributed by atoms with van der Waals surface area (Å²) in [5.74, 6) is 1.34. The van der Waals surface area contributed by atoms with Crippen molar-refractivity contribution in [3.63, 3.8) is 0 Å². The molecule has 2 heterocycles. The number of nitrogens with zero attached hydrogens (tertiary/aromatic N) is 3. The van der Waals surface area contributed by atoms with E-state index in [1.165, 1.54) is 23.9 Å². The molecule has 29 heavy (non-hydrogen) atoms. The summed E-state index contributed by atoms with van der Waals surface area (Å²) in [5.41, 5.74) is 0.996. The van der Waals surface area contributed by atoms with Crippen LogP contribution in [0.4, 0.5) is 10.1 Å². The summed E-state index contributed by atoms with van der Waals surface area (Å²) in [4.78, 5) is 12.1. The minimum absolute atomic E-state index is 0.0848. The average molecular weight is 414 g/mol. The molecule has 1 amide bonds. The molecule has 0 unspecified atom stereocenters. The highest BCUT2D eigenvalue weighted by molar-refractivity contribution is 7.99. The van der Waals surface area contributed by atoms with Crippen molar-refractivity contribution in [3.05, 3.63) is 48.3 Å². The van der Waals surface area contributed by atoms with E-state index >= 15 is 0 Å². The fourth-order valence-corrected chi connectivity index (χ4v) is 3.58. The van der Waals surface area contributed by atoms with Gasteiger partial charge in [-0.05, 0) is 30.3 Å². The molecule has 1 aliphatic rings. The Morgan fingerprint density at radius 3 is 2.79 bits per heavy atom. The van der Waals surface area contributed by atoms with Gasteiger partial charge in [-0.1, -0.05) is 23.9 Å². The maximum atomic E-state index is 13.6. The van der Waals surface area contributed by atoms with Crippen LogP contribution in [0.15, 0.2) is 47.6 Å². The number of hydrogen-bond acceptors (Lipinski definition) is 6. The van der Waals surface area contributed by atoms with Crippen LogP contribution in [0.5, 0.6) is 11.5 Å². The second-order valence-corrected chi connectivity index (χ2v) is 7.34. The van der Waals surface area contributed by atoms with E-state index in [2.05, 4.69) is 15.5 Å². The SMILES string of the molecule is Cn1c(SCC(=O)Nc2ccccc2F)nnc1-c1ccc2c(c1)OCCCO2. The number of carbonyl (C=O) groups is 1. The van der Waals surface area contributed by atoms with E-state index in [0.717, 1.165) is 12.0 Å². The smallest absolute Gasteiger partial charge is 0.234 e. The Morgan fingerprint density at radius 2 is 1.97 bits per heavy atom. The minimum Gasteiger partial charge on any atom is -0.490 e. The van der Waals surface area contributed by atoms with Gasteiger partial charge in [-0.15, -0.1) is 10.2 Å². The predicted molar refractivity (Wildman–Crippen MR) is 108 cm³/mol. The third-order valence-electron chi connectivity index (χ3n) is 4.32. The molecular formula is C20H19FN4O3S. The predicted octanol–water partition coefficient (Wildman–Crippen LogP) is 3.51. The topological polar surface area (TPSA) is 78.3 Å². The molecule has 4 rings (SSSR count). The molecule has 0 bridgehead atoms. The lowest BCUT2D eigenvalue weighted by Gasteiger charge is -2.09. The lowest BCUT2D eigenvalue weighted by molar-refractivity contribution is -0.113. The van der Waals surface area contributed by atoms with E-state index in [1.54, 1.807) is 16.7 Å². The van der Waals surface area contributed by atoms with E-state index in [9.17, 15) is 9.18 Å². The summed E-state index contributed by atoms with van der Waals surface area (Å²) in [6, 6.07) is 11.7. The van der Waals surface area contributed by atoms with Gasteiger partial charge >= 0.3 is 0 Å². The fourth-order valence-electron chi connectivity index (χ4n) is 2.87. The molecule has 0 radical (unpaired) electrons. The molecule has 0 saturated carbocycles. The molecule has 1 N–H and O–H groups in total. The number of benzene rings is 2. The first kappa shape index (κ1) is 19.3. The molecule has 0 spiro atoms. The molecule has 2 aromatic carbocycles. The summed E-state index contributed by atoms with van der Waals surface area (Å²) in [7, 11) is 1.83. The number of rotatable bonds is 5. The maximum absolute atomic E-state index is 13.6. The number of thioether (sulfide) groups is 1. The van der Waals surface area contributed by atoms with E-state index in [-0.39, 0.29) is 17.3 Å². The summed E-state index contributed by atoms with van der Waals surface area (Å²) in [5, 5.41) is 11.5. The van der Waals surface area contributed by atoms with Crippen LogP contribution in [0, 0.1) is 5.82 Å². The van der Waals surface area contributed by atoms with E-state index in [4.69, 9.17) is 9.47 Å². The molecular weight excluding hydrogens is 395 g/mol. The highest BCUT2D eigenvalue weighted by Crippen LogP contribution is 2.34. The first-order valence-electron chi connectivity index (χ1n) is 9.08. The van der Waals surface area contributed by atoms with Crippen LogP contribution in [0.2, 0.25) is 0 Å². The lowest BCUT2D eigenvalue weighted by atomic mass is 10.2. The van der Waals surface area contributed by atoms with Gasteiger partial charge in [-0.3, -0.25) is 4.79 Å². The first-order chi connectivity index (χ1) is 14.1. The van der Waals surface area contributed by atoms with Crippen molar-refractivity contribution in [2.24, 2.45) is 7.05 Å². The molecule has 9 heteroatoms. The Labute approximate surface area is 171 Å². The Hall–Kier alpha value is -3.07. The van der Waals surface area contributed by atoms with Gasteiger partial charge in [-0.25, -0.2) is 4.39 Å². The van der Waals surface area contributed by atoms with Crippen LogP contribution in [0.1, 0.15) is 6.42 Å². The summed E-state index contributed by atoms with van der Waals surface area (Å²) >= 11 is 1.23. The highest BCUT2D eigenvalue weighted by Gasteiger charge is 2.17. The average Bonchev–Trinajstić information content (AvgIpc) is 2.93. The molecule has 150 valence electrons. The van der Waals surface area contributed by atoms with E-state index in [1.807, 2.05) is 25.2 Å². The zero-order valence-corrected chi connectivity index (χ0v) is 16.5. The van der Waals surface area contributed by atoms with Crippen molar-refractivity contribution in [2.45, 2.75) is 11.6 Å². The number of hydrogen-bond donors (Lipinski definition) is 1. The van der Waals surface area contributed by atoms with Gasteiger partial charge in [-0.2, -0.15) is 0 Å². The minimum atomic E-state index is -0.471. The third-order valence-corrected chi connectivity index (χ3v) is 5.34. The van der Waals surface area contributed by atoms with E-state index < -0.39 is 5.82 Å².